The van der Waals surface area contributed by atoms with Crippen LogP contribution in [-0.2, 0) is 16.6 Å². The van der Waals surface area contributed by atoms with Crippen LogP contribution in [0.25, 0.3) is 0 Å². The van der Waals surface area contributed by atoms with Gasteiger partial charge in [0.25, 0.3) is 5.91 Å². The average molecular weight is 656 g/mol. The number of hydrogen-bond donors (Lipinski definition) is 2. The number of sulfonamides is 1. The molecule has 2 saturated heterocycles. The van der Waals surface area contributed by atoms with Gasteiger partial charge in [0.2, 0.25) is 10.0 Å². The number of likely N-dealkylation sites (N-methyl/N-ethyl adjacent to an activating group) is 1. The van der Waals surface area contributed by atoms with E-state index in [1.807, 2.05) is 12.1 Å². The third-order valence-electron chi connectivity index (χ3n) is 8.29. The lowest BCUT2D eigenvalue weighted by atomic mass is 9.98. The summed E-state index contributed by atoms with van der Waals surface area (Å²) in [6.07, 6.45) is 4.32. The summed E-state index contributed by atoms with van der Waals surface area (Å²) in [5, 5.41) is 0.899. The van der Waals surface area contributed by atoms with Gasteiger partial charge < -0.3 is 15.5 Å². The summed E-state index contributed by atoms with van der Waals surface area (Å²) < 4.78 is 25.7. The largest absolute Gasteiger partial charge is 0.382 e. The Morgan fingerprint density at radius 3 is 2.40 bits per heavy atom. The molecule has 0 spiro atoms. The van der Waals surface area contributed by atoms with E-state index >= 15 is 0 Å². The van der Waals surface area contributed by atoms with Gasteiger partial charge in [-0.1, -0.05) is 42.3 Å². The van der Waals surface area contributed by atoms with Crippen LogP contribution in [0.3, 0.4) is 0 Å². The van der Waals surface area contributed by atoms with Crippen molar-refractivity contribution in [1.82, 2.24) is 29.4 Å². The van der Waals surface area contributed by atoms with Gasteiger partial charge in [-0.15, -0.1) is 0 Å². The lowest BCUT2D eigenvalue weighted by molar-refractivity contribution is 0.0610. The first-order valence-electron chi connectivity index (χ1n) is 15.0. The highest BCUT2D eigenvalue weighted by atomic mass is 35.5. The van der Waals surface area contributed by atoms with Crippen molar-refractivity contribution in [2.45, 2.75) is 64.7 Å². The van der Waals surface area contributed by atoms with E-state index in [0.717, 1.165) is 69.8 Å². The van der Waals surface area contributed by atoms with Crippen molar-refractivity contribution in [3.8, 4) is 0 Å². The molecule has 2 fully saturated rings. The molecular formula is C29H44Cl2N8O3S. The van der Waals surface area contributed by atoms with Gasteiger partial charge in [-0.2, -0.15) is 0 Å². The number of nitrogens with one attached hydrogen (secondary N) is 1. The van der Waals surface area contributed by atoms with Gasteiger partial charge in [0.1, 0.15) is 0 Å². The highest BCUT2D eigenvalue weighted by Crippen LogP contribution is 2.30. The van der Waals surface area contributed by atoms with Gasteiger partial charge in [-0.3, -0.25) is 14.6 Å². The number of nitrogens with two attached hydrogens (primary N) is 1. The maximum Gasteiger partial charge on any atom is 0.276 e. The second kappa shape index (κ2) is 14.7. The molecule has 1 aromatic carbocycles. The number of nitrogen functional groups attached to an aromatic ring is 1. The summed E-state index contributed by atoms with van der Waals surface area (Å²) in [4.78, 5) is 31.0. The van der Waals surface area contributed by atoms with E-state index in [1.165, 1.54) is 10.5 Å². The molecule has 14 heteroatoms. The fourth-order valence-electron chi connectivity index (χ4n) is 6.18. The molecule has 0 bridgehead atoms. The van der Waals surface area contributed by atoms with Crippen molar-refractivity contribution in [3.63, 3.8) is 0 Å². The zero-order valence-electron chi connectivity index (χ0n) is 25.5. The van der Waals surface area contributed by atoms with Crippen LogP contribution < -0.4 is 15.4 Å². The molecule has 238 valence electrons. The maximum atomic E-state index is 13.3. The molecule has 43 heavy (non-hydrogen) atoms. The quantitative estimate of drug-likeness (QED) is 0.375. The molecular weight excluding hydrogens is 611 g/mol. The summed E-state index contributed by atoms with van der Waals surface area (Å²) in [6, 6.07) is 8.48. The number of rotatable bonds is 11. The normalized spacial score (nSPS) is 19.9. The Bertz CT molecular complexity index is 1360. The van der Waals surface area contributed by atoms with E-state index in [2.05, 4.69) is 48.4 Å². The van der Waals surface area contributed by atoms with Crippen LogP contribution in [-0.4, -0.2) is 109 Å². The first-order chi connectivity index (χ1) is 20.4. The molecule has 11 nitrogen and oxygen atoms in total. The minimum atomic E-state index is -3.41. The van der Waals surface area contributed by atoms with Crippen LogP contribution >= 0.6 is 23.2 Å². The van der Waals surface area contributed by atoms with Crippen molar-refractivity contribution in [2.75, 3.05) is 62.7 Å². The molecule has 0 saturated carbocycles. The Kier molecular flexibility index (Phi) is 11.5. The minimum Gasteiger partial charge on any atom is -0.382 e. The second-order valence-corrected chi connectivity index (χ2v) is 14.2. The molecule has 0 radical (unpaired) electrons. The van der Waals surface area contributed by atoms with Crippen molar-refractivity contribution < 1.29 is 13.2 Å². The number of piperidine rings is 1. The van der Waals surface area contributed by atoms with Gasteiger partial charge in [0.15, 0.2) is 22.5 Å². The summed E-state index contributed by atoms with van der Waals surface area (Å²) in [6.45, 7) is 11.6. The Hall–Kier alpha value is -2.22. The molecule has 3 heterocycles. The number of anilines is 2. The predicted octanol–water partition coefficient (Wildman–Crippen LogP) is 3.33. The van der Waals surface area contributed by atoms with E-state index in [1.54, 1.807) is 13.8 Å². The maximum absolute atomic E-state index is 13.3. The zero-order chi connectivity index (χ0) is 31.3. The third-order valence-corrected chi connectivity index (χ3v) is 9.63. The average Bonchev–Trinajstić information content (AvgIpc) is 2.97. The molecule has 3 N–H and O–H groups in total. The van der Waals surface area contributed by atoms with Gasteiger partial charge in [-0.25, -0.2) is 23.1 Å². The highest BCUT2D eigenvalue weighted by molar-refractivity contribution is 7.88. The molecule has 4 rings (SSSR count). The van der Waals surface area contributed by atoms with Crippen LogP contribution in [0, 0.1) is 0 Å². The number of likely N-dealkylation sites (tertiary alicyclic amines) is 1. The zero-order valence-corrected chi connectivity index (χ0v) is 27.8. The van der Waals surface area contributed by atoms with Crippen LogP contribution in [0.5, 0.6) is 0 Å². The van der Waals surface area contributed by atoms with Gasteiger partial charge in [-0.05, 0) is 63.9 Å². The van der Waals surface area contributed by atoms with Gasteiger partial charge in [0.05, 0.1) is 6.26 Å². The van der Waals surface area contributed by atoms with E-state index in [0.29, 0.717) is 24.4 Å². The lowest BCUT2D eigenvalue weighted by Gasteiger charge is -2.47. The fourth-order valence-corrected chi connectivity index (χ4v) is 7.36. The SMILES string of the molecule is CC[C@H]1CN(c2nc(N)c(C(=O)N(CC)C[C@H](C)NS(C)(=O)=O)nc2Cl)CCN1C1CCN(Cc2ccc(Cl)cc2)CC1. The van der Waals surface area contributed by atoms with Gasteiger partial charge in [0, 0.05) is 62.4 Å². The van der Waals surface area contributed by atoms with E-state index in [9.17, 15) is 13.2 Å². The van der Waals surface area contributed by atoms with Crippen LogP contribution in [0.4, 0.5) is 11.6 Å². The van der Waals surface area contributed by atoms with E-state index in [-0.39, 0.29) is 23.2 Å². The van der Waals surface area contributed by atoms with Crippen molar-refractivity contribution in [3.05, 3.63) is 45.7 Å². The second-order valence-electron chi connectivity index (χ2n) is 11.6. The third kappa shape index (κ3) is 8.92. The first-order valence-corrected chi connectivity index (χ1v) is 17.6. The smallest absolute Gasteiger partial charge is 0.276 e. The van der Waals surface area contributed by atoms with Crippen molar-refractivity contribution in [2.24, 2.45) is 0 Å². The molecule has 0 aliphatic carbocycles. The number of hydrogen-bond acceptors (Lipinski definition) is 9. The molecule has 1 amide bonds. The molecule has 1 aromatic heterocycles. The number of nitrogens with zero attached hydrogens (tertiary/aromatic N) is 6. The van der Waals surface area contributed by atoms with E-state index in [4.69, 9.17) is 28.9 Å². The predicted molar refractivity (Wildman–Crippen MR) is 173 cm³/mol. The highest BCUT2D eigenvalue weighted by Gasteiger charge is 2.35. The topological polar surface area (TPSA) is 128 Å². The summed E-state index contributed by atoms with van der Waals surface area (Å²) in [5.41, 5.74) is 7.53. The van der Waals surface area contributed by atoms with Crippen LogP contribution in [0.2, 0.25) is 10.2 Å². The summed E-state index contributed by atoms with van der Waals surface area (Å²) in [5.74, 6) is 0.0543. The van der Waals surface area contributed by atoms with Crippen LogP contribution in [0.15, 0.2) is 24.3 Å². The van der Waals surface area contributed by atoms with Crippen molar-refractivity contribution in [1.29, 1.82) is 0 Å². The molecule has 2 aliphatic rings. The van der Waals surface area contributed by atoms with Crippen LogP contribution in [0.1, 0.15) is 56.1 Å². The van der Waals surface area contributed by atoms with Gasteiger partial charge >= 0.3 is 0 Å². The number of carbonyl (C=O) groups excluding carboxylic acids is 1. The number of amides is 1. The molecule has 2 atom stereocenters. The molecule has 2 aliphatic heterocycles. The molecule has 0 unspecified atom stereocenters. The Balaban J connectivity index is 1.37. The standard InChI is InChI=1S/C29H44Cl2N8O3S/c1-5-23-19-38(15-16-39(23)24-11-13-36(14-12-24)18-21-7-9-22(30)10-8-21)28-26(31)33-25(27(32)34-28)29(40)37(6-2)17-20(3)35-43(4,41)42/h7-10,20,23-24,35H,5-6,11-19H2,1-4H3,(H2,32,34)/t20-,23-/m0/s1. The summed E-state index contributed by atoms with van der Waals surface area (Å²) in [7, 11) is -3.41. The minimum absolute atomic E-state index is 0.00936. The fraction of sp³-hybridized carbons (Fsp3) is 0.621. The number of carbonyl (C=O) groups is 1. The number of benzene rings is 1. The Labute approximate surface area is 265 Å². The van der Waals surface area contributed by atoms with E-state index < -0.39 is 22.0 Å². The lowest BCUT2D eigenvalue weighted by Crippen LogP contribution is -2.58. The summed E-state index contributed by atoms with van der Waals surface area (Å²) >= 11 is 12.7. The number of piperazine rings is 1. The Morgan fingerprint density at radius 2 is 1.79 bits per heavy atom. The molecule has 2 aromatic rings. The van der Waals surface area contributed by atoms with Crippen molar-refractivity contribution >= 4 is 50.8 Å². The Morgan fingerprint density at radius 1 is 1.12 bits per heavy atom. The first kappa shape index (κ1) is 33.7. The number of halogens is 2. The number of aromatic nitrogens is 2. The monoisotopic (exact) mass is 654 g/mol.